The van der Waals surface area contributed by atoms with Crippen molar-refractivity contribution in [3.05, 3.63) is 33.7 Å². The van der Waals surface area contributed by atoms with E-state index in [1.54, 1.807) is 12.1 Å². The molecule has 2 aliphatic rings. The van der Waals surface area contributed by atoms with Crippen LogP contribution in [0.3, 0.4) is 0 Å². The van der Waals surface area contributed by atoms with E-state index in [-0.39, 0.29) is 31.6 Å². The molecule has 4 rings (SSSR count). The summed E-state index contributed by atoms with van der Waals surface area (Å²) in [4.78, 5) is 27.0. The molecule has 2 aromatic rings. The Labute approximate surface area is 193 Å². The molecule has 2 aliphatic heterocycles. The fraction of sp³-hybridized carbons (Fsp3) is 0.350. The van der Waals surface area contributed by atoms with Crippen LogP contribution in [0.25, 0.3) is 6.08 Å². The van der Waals surface area contributed by atoms with Crippen LogP contribution in [0.4, 0.5) is 5.13 Å². The van der Waals surface area contributed by atoms with E-state index in [2.05, 4.69) is 29.4 Å². The summed E-state index contributed by atoms with van der Waals surface area (Å²) < 4.78 is 11.1. The van der Waals surface area contributed by atoms with Gasteiger partial charge in [-0.3, -0.25) is 14.5 Å². The van der Waals surface area contributed by atoms with E-state index >= 15 is 0 Å². The quantitative estimate of drug-likeness (QED) is 0.478. The Hall–Kier alpha value is -2.50. The lowest BCUT2D eigenvalue weighted by Gasteiger charge is -2.13. The van der Waals surface area contributed by atoms with E-state index in [0.29, 0.717) is 31.8 Å². The Bertz CT molecular complexity index is 1070. The van der Waals surface area contributed by atoms with Crippen LogP contribution >= 0.6 is 35.3 Å². The summed E-state index contributed by atoms with van der Waals surface area (Å²) in [5, 5.41) is 12.2. The van der Waals surface area contributed by atoms with Crippen molar-refractivity contribution in [2.45, 2.75) is 26.7 Å². The number of amides is 2. The highest BCUT2D eigenvalue weighted by Gasteiger charge is 2.32. The first-order chi connectivity index (χ1) is 14.9. The number of nitrogens with one attached hydrogen (secondary N) is 1. The lowest BCUT2D eigenvalue weighted by atomic mass is 10.1. The van der Waals surface area contributed by atoms with Gasteiger partial charge < -0.3 is 14.8 Å². The van der Waals surface area contributed by atoms with Crippen molar-refractivity contribution in [1.29, 1.82) is 0 Å². The molecular weight excluding hydrogens is 456 g/mol. The van der Waals surface area contributed by atoms with Gasteiger partial charge in [0.15, 0.2) is 11.5 Å². The fourth-order valence-electron chi connectivity index (χ4n) is 2.98. The number of thiocarbonyl (C=S) groups is 1. The number of aromatic nitrogens is 2. The zero-order valence-electron chi connectivity index (χ0n) is 16.9. The van der Waals surface area contributed by atoms with Crippen molar-refractivity contribution in [3.8, 4) is 11.5 Å². The number of fused-ring (bicyclic) bond motifs is 1. The molecule has 1 fully saturated rings. The van der Waals surface area contributed by atoms with Crippen LogP contribution in [0.1, 0.15) is 30.8 Å². The van der Waals surface area contributed by atoms with Crippen LogP contribution in [0, 0.1) is 5.92 Å². The minimum Gasteiger partial charge on any atom is -0.454 e. The second kappa shape index (κ2) is 9.33. The smallest absolute Gasteiger partial charge is 0.266 e. The SMILES string of the molecule is CC(C)Cc1nnc(NC(=O)CCN2C(=O)C(=Cc3ccc4c(c3)OCO4)SC2=S)s1. The van der Waals surface area contributed by atoms with Crippen LogP contribution < -0.4 is 14.8 Å². The number of hydrogen-bond acceptors (Lipinski definition) is 9. The highest BCUT2D eigenvalue weighted by atomic mass is 32.2. The van der Waals surface area contributed by atoms with E-state index in [0.717, 1.165) is 17.0 Å². The number of thioether (sulfide) groups is 1. The molecule has 1 aromatic heterocycles. The number of carbonyl (C=O) groups is 2. The van der Waals surface area contributed by atoms with Gasteiger partial charge in [0.2, 0.25) is 17.8 Å². The van der Waals surface area contributed by atoms with Crippen molar-refractivity contribution in [2.24, 2.45) is 5.92 Å². The molecule has 162 valence electrons. The van der Waals surface area contributed by atoms with Gasteiger partial charge in [-0.15, -0.1) is 10.2 Å². The predicted molar refractivity (Wildman–Crippen MR) is 124 cm³/mol. The zero-order chi connectivity index (χ0) is 22.0. The Morgan fingerprint density at radius 3 is 2.94 bits per heavy atom. The van der Waals surface area contributed by atoms with Crippen LogP contribution in [0.5, 0.6) is 11.5 Å². The molecule has 11 heteroatoms. The summed E-state index contributed by atoms with van der Waals surface area (Å²) in [6.45, 7) is 4.59. The normalized spacial score (nSPS) is 16.6. The van der Waals surface area contributed by atoms with Crippen molar-refractivity contribution < 1.29 is 19.1 Å². The summed E-state index contributed by atoms with van der Waals surface area (Å²) in [6.07, 6.45) is 2.70. The van der Waals surface area contributed by atoms with Gasteiger partial charge in [-0.2, -0.15) is 0 Å². The minimum atomic E-state index is -0.235. The van der Waals surface area contributed by atoms with Gasteiger partial charge >= 0.3 is 0 Å². The van der Waals surface area contributed by atoms with E-state index in [1.807, 2.05) is 12.1 Å². The van der Waals surface area contributed by atoms with Gasteiger partial charge in [-0.25, -0.2) is 0 Å². The average molecular weight is 477 g/mol. The number of carbonyl (C=O) groups excluding carboxylic acids is 2. The van der Waals surface area contributed by atoms with Crippen LogP contribution in [-0.4, -0.2) is 44.6 Å². The summed E-state index contributed by atoms with van der Waals surface area (Å²) in [5.74, 6) is 1.35. The zero-order valence-corrected chi connectivity index (χ0v) is 19.4. The maximum atomic E-state index is 12.8. The molecular formula is C20H20N4O4S3. The number of rotatable bonds is 7. The monoisotopic (exact) mass is 476 g/mol. The first-order valence-electron chi connectivity index (χ1n) is 9.66. The Morgan fingerprint density at radius 1 is 1.32 bits per heavy atom. The van der Waals surface area contributed by atoms with Gasteiger partial charge in [0, 0.05) is 19.4 Å². The van der Waals surface area contributed by atoms with Crippen LogP contribution in [0.15, 0.2) is 23.1 Å². The average Bonchev–Trinajstić information content (AvgIpc) is 3.41. The molecule has 1 saturated heterocycles. The standard InChI is InChI=1S/C20H20N4O4S3/c1-11(2)7-17-22-23-19(31-17)21-16(25)5-6-24-18(26)15(30-20(24)29)9-12-3-4-13-14(8-12)28-10-27-13/h3-4,8-9,11H,5-7,10H2,1-2H3,(H,21,23,25). The predicted octanol–water partition coefficient (Wildman–Crippen LogP) is 3.70. The van der Waals surface area contributed by atoms with E-state index in [4.69, 9.17) is 21.7 Å². The van der Waals surface area contributed by atoms with Crippen molar-refractivity contribution in [2.75, 3.05) is 18.7 Å². The maximum absolute atomic E-state index is 12.8. The molecule has 2 amide bonds. The third-order valence-electron chi connectivity index (χ3n) is 4.43. The summed E-state index contributed by atoms with van der Waals surface area (Å²) in [6, 6.07) is 5.47. The minimum absolute atomic E-state index is 0.114. The molecule has 0 aliphatic carbocycles. The Kier molecular flexibility index (Phi) is 6.54. The third-order valence-corrected chi connectivity index (χ3v) is 6.67. The van der Waals surface area contributed by atoms with Gasteiger partial charge in [-0.05, 0) is 29.7 Å². The van der Waals surface area contributed by atoms with Gasteiger partial charge in [0.1, 0.15) is 9.33 Å². The van der Waals surface area contributed by atoms with Crippen LogP contribution in [-0.2, 0) is 16.0 Å². The number of ether oxygens (including phenoxy) is 2. The second-order valence-electron chi connectivity index (χ2n) is 7.34. The number of benzene rings is 1. The van der Waals surface area contributed by atoms with Crippen molar-refractivity contribution >= 4 is 62.7 Å². The maximum Gasteiger partial charge on any atom is 0.266 e. The summed E-state index contributed by atoms with van der Waals surface area (Å²) in [5.41, 5.74) is 0.816. The van der Waals surface area contributed by atoms with Crippen molar-refractivity contribution in [3.63, 3.8) is 0 Å². The summed E-state index contributed by atoms with van der Waals surface area (Å²) >= 11 is 7.93. The second-order valence-corrected chi connectivity index (χ2v) is 10.1. The van der Waals surface area contributed by atoms with Gasteiger partial charge in [-0.1, -0.05) is 55.2 Å². The molecule has 1 aromatic carbocycles. The molecule has 0 atom stereocenters. The molecule has 8 nitrogen and oxygen atoms in total. The highest BCUT2D eigenvalue weighted by Crippen LogP contribution is 2.36. The third kappa shape index (κ3) is 5.23. The molecule has 0 radical (unpaired) electrons. The van der Waals surface area contributed by atoms with E-state index in [9.17, 15) is 9.59 Å². The molecule has 3 heterocycles. The Morgan fingerprint density at radius 2 is 2.13 bits per heavy atom. The van der Waals surface area contributed by atoms with Crippen LogP contribution in [0.2, 0.25) is 0 Å². The number of nitrogens with zero attached hydrogens (tertiary/aromatic N) is 3. The molecule has 0 saturated carbocycles. The molecule has 1 N–H and O–H groups in total. The van der Waals surface area contributed by atoms with E-state index in [1.165, 1.54) is 28.0 Å². The lowest BCUT2D eigenvalue weighted by Crippen LogP contribution is -2.31. The molecule has 0 unspecified atom stereocenters. The van der Waals surface area contributed by atoms with Crippen molar-refractivity contribution in [1.82, 2.24) is 15.1 Å². The largest absolute Gasteiger partial charge is 0.454 e. The molecule has 0 bridgehead atoms. The Balaban J connectivity index is 1.34. The lowest BCUT2D eigenvalue weighted by molar-refractivity contribution is -0.122. The fourth-order valence-corrected chi connectivity index (χ4v) is 5.25. The molecule has 31 heavy (non-hydrogen) atoms. The number of anilines is 1. The first kappa shape index (κ1) is 21.7. The topological polar surface area (TPSA) is 93.7 Å². The van der Waals surface area contributed by atoms with E-state index < -0.39 is 0 Å². The van der Waals surface area contributed by atoms with Gasteiger partial charge in [0.25, 0.3) is 5.91 Å². The van der Waals surface area contributed by atoms with Gasteiger partial charge in [0.05, 0.1) is 4.91 Å². The number of hydrogen-bond donors (Lipinski definition) is 1. The highest BCUT2D eigenvalue weighted by molar-refractivity contribution is 8.26. The summed E-state index contributed by atoms with van der Waals surface area (Å²) in [7, 11) is 0. The molecule has 0 spiro atoms. The first-order valence-corrected chi connectivity index (χ1v) is 11.7.